The van der Waals surface area contributed by atoms with E-state index in [0.29, 0.717) is 13.0 Å². The van der Waals surface area contributed by atoms with Gasteiger partial charge < -0.3 is 15.7 Å². The van der Waals surface area contributed by atoms with Gasteiger partial charge in [0, 0.05) is 17.8 Å². The molecule has 2 amide bonds. The Kier molecular flexibility index (Phi) is 4.90. The Bertz CT molecular complexity index is 331. The second-order valence-corrected chi connectivity index (χ2v) is 6.42. The van der Waals surface area contributed by atoms with Crippen LogP contribution >= 0.6 is 11.8 Å². The highest BCUT2D eigenvalue weighted by Gasteiger charge is 2.42. The van der Waals surface area contributed by atoms with Crippen molar-refractivity contribution in [3.63, 3.8) is 0 Å². The third kappa shape index (κ3) is 3.80. The fourth-order valence-electron chi connectivity index (χ4n) is 1.52. The lowest BCUT2D eigenvalue weighted by atomic mass is 9.88. The average molecular weight is 274 g/mol. The van der Waals surface area contributed by atoms with Gasteiger partial charge in [-0.2, -0.15) is 11.8 Å². The molecule has 1 rings (SSSR count). The Morgan fingerprint density at radius 3 is 2.39 bits per heavy atom. The quantitative estimate of drug-likeness (QED) is 0.660. The largest absolute Gasteiger partial charge is 0.481 e. The van der Waals surface area contributed by atoms with Gasteiger partial charge in [-0.3, -0.25) is 4.79 Å². The van der Waals surface area contributed by atoms with E-state index < -0.39 is 11.4 Å². The van der Waals surface area contributed by atoms with Crippen LogP contribution in [0.15, 0.2) is 0 Å². The molecule has 0 bridgehead atoms. The summed E-state index contributed by atoms with van der Waals surface area (Å²) in [7, 11) is 0. The summed E-state index contributed by atoms with van der Waals surface area (Å²) >= 11 is 1.78. The zero-order chi connectivity index (χ0) is 13.8. The minimum atomic E-state index is -0.895. The van der Waals surface area contributed by atoms with Gasteiger partial charge in [0.05, 0.1) is 5.41 Å². The first-order valence-electron chi connectivity index (χ1n) is 6.18. The number of thioether (sulfide) groups is 1. The molecule has 1 unspecified atom stereocenters. The standard InChI is InChI=1S/C12H22N2O3S/c1-4-11(2,9(15)16)7-13-10(17)14-8-12(18-3)5-6-12/h4-8H2,1-3H3,(H,15,16)(H2,13,14,17). The molecule has 1 aliphatic carbocycles. The van der Waals surface area contributed by atoms with E-state index in [4.69, 9.17) is 5.11 Å². The fourth-order valence-corrected chi connectivity index (χ4v) is 2.25. The van der Waals surface area contributed by atoms with Crippen molar-refractivity contribution < 1.29 is 14.7 Å². The van der Waals surface area contributed by atoms with E-state index in [1.807, 2.05) is 6.26 Å². The molecule has 0 saturated heterocycles. The fraction of sp³-hybridized carbons (Fsp3) is 0.833. The second-order valence-electron chi connectivity index (χ2n) is 5.14. The van der Waals surface area contributed by atoms with Crippen LogP contribution < -0.4 is 10.6 Å². The number of rotatable bonds is 7. The van der Waals surface area contributed by atoms with Crippen LogP contribution in [-0.4, -0.2) is 41.2 Å². The molecule has 0 heterocycles. The van der Waals surface area contributed by atoms with E-state index in [1.54, 1.807) is 25.6 Å². The van der Waals surface area contributed by atoms with Crippen LogP contribution in [0.3, 0.4) is 0 Å². The van der Waals surface area contributed by atoms with E-state index >= 15 is 0 Å². The molecule has 0 radical (unpaired) electrons. The zero-order valence-electron chi connectivity index (χ0n) is 11.2. The molecule has 0 aromatic rings. The Labute approximate surface area is 112 Å². The molecule has 104 valence electrons. The summed E-state index contributed by atoms with van der Waals surface area (Å²) in [6.07, 6.45) is 4.80. The third-order valence-corrected chi connectivity index (χ3v) is 5.17. The van der Waals surface area contributed by atoms with Gasteiger partial charge in [-0.1, -0.05) is 6.92 Å². The predicted molar refractivity (Wildman–Crippen MR) is 72.9 cm³/mol. The van der Waals surface area contributed by atoms with Crippen LogP contribution in [0, 0.1) is 5.41 Å². The number of hydrogen-bond donors (Lipinski definition) is 3. The van der Waals surface area contributed by atoms with Crippen LogP contribution in [-0.2, 0) is 4.79 Å². The number of carbonyl (C=O) groups excluding carboxylic acids is 1. The monoisotopic (exact) mass is 274 g/mol. The van der Waals surface area contributed by atoms with E-state index in [2.05, 4.69) is 10.6 Å². The van der Waals surface area contributed by atoms with Crippen LogP contribution in [0.4, 0.5) is 4.79 Å². The highest BCUT2D eigenvalue weighted by Crippen LogP contribution is 2.46. The van der Waals surface area contributed by atoms with E-state index in [9.17, 15) is 9.59 Å². The number of carboxylic acids is 1. The molecule has 5 nitrogen and oxygen atoms in total. The number of nitrogens with one attached hydrogen (secondary N) is 2. The topological polar surface area (TPSA) is 78.4 Å². The molecule has 1 atom stereocenters. The van der Waals surface area contributed by atoms with Crippen LogP contribution in [0.2, 0.25) is 0 Å². The van der Waals surface area contributed by atoms with Crippen molar-refractivity contribution in [3.8, 4) is 0 Å². The van der Waals surface area contributed by atoms with E-state index in [-0.39, 0.29) is 17.3 Å². The molecule has 0 spiro atoms. The molecule has 6 heteroatoms. The summed E-state index contributed by atoms with van der Waals surface area (Å²) < 4.78 is 0.220. The molecule has 0 aromatic heterocycles. The first kappa shape index (κ1) is 15.1. The highest BCUT2D eigenvalue weighted by molar-refractivity contribution is 8.00. The maximum Gasteiger partial charge on any atom is 0.314 e. The maximum absolute atomic E-state index is 11.6. The van der Waals surface area contributed by atoms with Crippen LogP contribution in [0.1, 0.15) is 33.1 Å². The lowest BCUT2D eigenvalue weighted by Crippen LogP contribution is -2.46. The summed E-state index contributed by atoms with van der Waals surface area (Å²) in [4.78, 5) is 22.7. The Morgan fingerprint density at radius 2 is 2.00 bits per heavy atom. The first-order valence-corrected chi connectivity index (χ1v) is 7.40. The molecule has 3 N–H and O–H groups in total. The number of carboxylic acid groups (broad SMARTS) is 1. The molecular formula is C12H22N2O3S. The minimum Gasteiger partial charge on any atom is -0.481 e. The van der Waals surface area contributed by atoms with Crippen molar-refractivity contribution in [2.24, 2.45) is 5.41 Å². The van der Waals surface area contributed by atoms with Gasteiger partial charge in [-0.15, -0.1) is 0 Å². The average Bonchev–Trinajstić information content (AvgIpc) is 3.14. The number of amides is 2. The van der Waals surface area contributed by atoms with Crippen molar-refractivity contribution in [1.82, 2.24) is 10.6 Å². The normalized spacial score (nSPS) is 19.7. The number of aliphatic carboxylic acids is 1. The number of carbonyl (C=O) groups is 2. The summed E-state index contributed by atoms with van der Waals surface area (Å²) in [5.74, 6) is -0.881. The van der Waals surface area contributed by atoms with Gasteiger partial charge in [0.15, 0.2) is 0 Å². The molecule has 0 aliphatic heterocycles. The van der Waals surface area contributed by atoms with Gasteiger partial charge >= 0.3 is 12.0 Å². The molecule has 18 heavy (non-hydrogen) atoms. The smallest absolute Gasteiger partial charge is 0.314 e. The summed E-state index contributed by atoms with van der Waals surface area (Å²) in [6.45, 7) is 4.24. The first-order chi connectivity index (χ1) is 8.37. The summed E-state index contributed by atoms with van der Waals surface area (Å²) in [5, 5.41) is 14.5. The zero-order valence-corrected chi connectivity index (χ0v) is 12.0. The molecule has 1 aliphatic rings. The van der Waals surface area contributed by atoms with E-state index in [1.165, 1.54) is 0 Å². The van der Waals surface area contributed by atoms with Gasteiger partial charge in [0.2, 0.25) is 0 Å². The van der Waals surface area contributed by atoms with Gasteiger partial charge in [-0.05, 0) is 32.4 Å². The van der Waals surface area contributed by atoms with Gasteiger partial charge in [0.1, 0.15) is 0 Å². The molecule has 0 aromatic carbocycles. The SMILES string of the molecule is CCC(C)(CNC(=O)NCC1(SC)CC1)C(=O)O. The Hall–Kier alpha value is -0.910. The van der Waals surface area contributed by atoms with Crippen LogP contribution in [0.25, 0.3) is 0 Å². The van der Waals surface area contributed by atoms with Gasteiger partial charge in [0.25, 0.3) is 0 Å². The molecular weight excluding hydrogens is 252 g/mol. The number of hydrogen-bond acceptors (Lipinski definition) is 3. The Balaban J connectivity index is 2.30. The van der Waals surface area contributed by atoms with E-state index in [0.717, 1.165) is 12.8 Å². The van der Waals surface area contributed by atoms with Crippen molar-refractivity contribution >= 4 is 23.8 Å². The van der Waals surface area contributed by atoms with Gasteiger partial charge in [-0.25, -0.2) is 4.79 Å². The summed E-state index contributed by atoms with van der Waals surface area (Å²) in [5.41, 5.74) is -0.895. The van der Waals surface area contributed by atoms with Crippen molar-refractivity contribution in [3.05, 3.63) is 0 Å². The summed E-state index contributed by atoms with van der Waals surface area (Å²) in [6, 6.07) is -0.281. The van der Waals surface area contributed by atoms with Crippen molar-refractivity contribution in [1.29, 1.82) is 0 Å². The minimum absolute atomic E-state index is 0.150. The maximum atomic E-state index is 11.6. The number of urea groups is 1. The van der Waals surface area contributed by atoms with Crippen molar-refractivity contribution in [2.45, 2.75) is 37.9 Å². The third-order valence-electron chi connectivity index (χ3n) is 3.75. The molecule has 1 fully saturated rings. The second kappa shape index (κ2) is 5.82. The van der Waals surface area contributed by atoms with Crippen molar-refractivity contribution in [2.75, 3.05) is 19.3 Å². The van der Waals surface area contributed by atoms with Crippen LogP contribution in [0.5, 0.6) is 0 Å². The molecule has 1 saturated carbocycles. The predicted octanol–water partition coefficient (Wildman–Crippen LogP) is 1.68. The Morgan fingerprint density at radius 1 is 1.39 bits per heavy atom. The lowest BCUT2D eigenvalue weighted by molar-refractivity contribution is -0.147. The lowest BCUT2D eigenvalue weighted by Gasteiger charge is -2.23. The highest BCUT2D eigenvalue weighted by atomic mass is 32.2.